The fourth-order valence-corrected chi connectivity index (χ4v) is 36.0. The number of pyridine rings is 1. The number of aliphatic hydroxyl groups is 4. The second-order valence-electron chi connectivity index (χ2n) is 41.5. The van der Waals surface area contributed by atoms with Crippen LogP contribution in [0.2, 0.25) is 35.9 Å². The summed E-state index contributed by atoms with van der Waals surface area (Å²) < 4.78 is 87.0. The minimum atomic E-state index is -1.96. The summed E-state index contributed by atoms with van der Waals surface area (Å²) in [7, 11) is 2.46. The maximum absolute atomic E-state index is 11.5. The van der Waals surface area contributed by atoms with Gasteiger partial charge in [-0.1, -0.05) is 98.8 Å². The van der Waals surface area contributed by atoms with Gasteiger partial charge in [0.1, 0.15) is 23.8 Å². The van der Waals surface area contributed by atoms with Crippen molar-refractivity contribution >= 4 is 79.4 Å². The molecule has 139 heavy (non-hydrogen) atoms. The molecule has 0 bridgehead atoms. The predicted molar refractivity (Wildman–Crippen MR) is 573 cm³/mol. The molecule has 9 fully saturated rings. The summed E-state index contributed by atoms with van der Waals surface area (Å²) in [6.45, 7) is 57.4. The Bertz CT molecular complexity index is 3440. The number of aliphatic hydroxyl groups excluding tert-OH is 4. The number of hydrogen-bond donors (Lipinski definition) is 5. The third-order valence-electron chi connectivity index (χ3n) is 32.4. The Labute approximate surface area is 863 Å². The Hall–Kier alpha value is -3.02. The molecule has 0 aliphatic carbocycles. The maximum atomic E-state index is 11.5. The van der Waals surface area contributed by atoms with Crippen molar-refractivity contribution in [2.24, 2.45) is 54.7 Å². The van der Waals surface area contributed by atoms with Crippen LogP contribution in [-0.2, 0) is 85.2 Å². The molecule has 0 saturated carbocycles. The van der Waals surface area contributed by atoms with Crippen molar-refractivity contribution in [3.8, 4) is 5.75 Å². The molecule has 0 aromatic carbocycles. The van der Waals surface area contributed by atoms with Gasteiger partial charge in [0.15, 0.2) is 8.32 Å². The van der Waals surface area contributed by atoms with Gasteiger partial charge in [-0.05, 0) is 211 Å². The zero-order valence-corrected chi connectivity index (χ0v) is 97.3. The second kappa shape index (κ2) is 72.4. The number of unbranched alkanes of at least 4 members (excludes halogenated alkanes) is 3. The van der Waals surface area contributed by atoms with E-state index >= 15 is 0 Å². The fourth-order valence-electron chi connectivity index (χ4n) is 19.4. The Morgan fingerprint density at radius 2 is 0.899 bits per heavy atom. The summed E-state index contributed by atoms with van der Waals surface area (Å²) in [6.07, 6.45) is 54.5. The number of nitrogens with zero attached hydrogens (tertiary/aromatic N) is 1. The van der Waals surface area contributed by atoms with Gasteiger partial charge >= 0.3 is 175 Å². The van der Waals surface area contributed by atoms with Crippen LogP contribution in [0, 0.1) is 61.6 Å². The Morgan fingerprint density at radius 3 is 1.22 bits per heavy atom. The topological polar surface area (TPSA) is 301 Å². The van der Waals surface area contributed by atoms with Gasteiger partial charge in [0.2, 0.25) is 0 Å². The van der Waals surface area contributed by atoms with Crippen LogP contribution in [0.5, 0.6) is 5.75 Å². The van der Waals surface area contributed by atoms with Crippen LogP contribution in [0.4, 0.5) is 0 Å². The number of allylic oxidation sites excluding steroid dienone is 5. The van der Waals surface area contributed by atoms with E-state index in [0.29, 0.717) is 113 Å². The molecule has 2 atom stereocenters. The van der Waals surface area contributed by atoms with E-state index in [4.69, 9.17) is 81.3 Å². The molecule has 9 saturated heterocycles. The van der Waals surface area contributed by atoms with Crippen LogP contribution in [0.15, 0.2) is 71.9 Å². The van der Waals surface area contributed by atoms with Crippen molar-refractivity contribution in [2.45, 2.75) is 345 Å². The molecule has 28 heteroatoms. The van der Waals surface area contributed by atoms with Crippen molar-refractivity contribution in [3.05, 3.63) is 83.2 Å². The second-order valence-corrected chi connectivity index (χ2v) is 61.5. The molecule has 4 N–H and O–H groups in total. The van der Waals surface area contributed by atoms with Gasteiger partial charge in [0, 0.05) is 158 Å². The number of methoxy groups -OCH3 is 3. The van der Waals surface area contributed by atoms with Crippen molar-refractivity contribution in [3.63, 3.8) is 0 Å². The first-order valence-electron chi connectivity index (χ1n) is 53.5. The van der Waals surface area contributed by atoms with Crippen LogP contribution in [0.3, 0.4) is 0 Å². The van der Waals surface area contributed by atoms with Crippen molar-refractivity contribution in [1.82, 2.24) is 4.98 Å². The Morgan fingerprint density at radius 1 is 0.525 bits per heavy atom. The zero-order valence-electron chi connectivity index (χ0n) is 91.0. The number of aldehydes is 1. The number of thiol groups is 1. The van der Waals surface area contributed by atoms with Gasteiger partial charge in [-0.3, -0.25) is 14.6 Å². The number of aromatic nitrogens is 1. The molecule has 10 heterocycles. The van der Waals surface area contributed by atoms with Gasteiger partial charge in [-0.15, -0.1) is 6.58 Å². The molecule has 9 aliphatic heterocycles. The van der Waals surface area contributed by atoms with Gasteiger partial charge in [0.05, 0.1) is 64.5 Å². The fraction of sp³-hybridized carbons (Fsp3) is 0.829. The summed E-state index contributed by atoms with van der Waals surface area (Å²) in [5.41, 5.74) is 1.66. The molecule has 2 unspecified atom stereocenters. The van der Waals surface area contributed by atoms with Gasteiger partial charge in [-0.25, -0.2) is 4.79 Å². The largest absolute Gasteiger partial charge is 0.469 e. The summed E-state index contributed by atoms with van der Waals surface area (Å²) >= 11 is 5.52. The minimum absolute atomic E-state index is 0.0434. The van der Waals surface area contributed by atoms with Gasteiger partial charge in [0.25, 0.3) is 0 Å². The Kier molecular flexibility index (Phi) is 68.7. The number of esters is 3. The molecular formula is C111H200BrNO23SSiSn. The van der Waals surface area contributed by atoms with Crippen LogP contribution < -0.4 is 4.74 Å². The van der Waals surface area contributed by atoms with E-state index in [-0.39, 0.29) is 69.2 Å². The van der Waals surface area contributed by atoms with E-state index in [2.05, 4.69) is 171 Å². The average Bonchev–Trinajstić information content (AvgIpc) is 0.788. The maximum Gasteiger partial charge on any atom is 0.330 e. The van der Waals surface area contributed by atoms with Crippen LogP contribution in [-0.4, -0.2) is 262 Å². The van der Waals surface area contributed by atoms with E-state index in [1.54, 1.807) is 32.7 Å². The first kappa shape index (κ1) is 132. The number of ether oxygens (including phenoxy) is 14. The zero-order chi connectivity index (χ0) is 104. The molecule has 1 aromatic rings. The molecule has 24 nitrogen and oxygen atoms in total. The van der Waals surface area contributed by atoms with Crippen LogP contribution >= 0.6 is 28.6 Å². The van der Waals surface area contributed by atoms with Gasteiger partial charge < -0.3 is 91.2 Å². The number of halogens is 1. The van der Waals surface area contributed by atoms with Gasteiger partial charge in [-0.2, -0.15) is 12.6 Å². The smallest absolute Gasteiger partial charge is 0.330 e. The van der Waals surface area contributed by atoms with E-state index in [1.165, 1.54) is 82.9 Å². The quantitative estimate of drug-likeness (QED) is 0.00468. The van der Waals surface area contributed by atoms with E-state index < -0.39 is 38.2 Å². The number of hydrogen-bond acceptors (Lipinski definition) is 25. The third-order valence-corrected chi connectivity index (χ3v) is 53.1. The molecule has 9 aliphatic rings. The van der Waals surface area contributed by atoms with Crippen LogP contribution in [0.25, 0.3) is 0 Å². The number of carbonyl (C=O) groups is 4. The summed E-state index contributed by atoms with van der Waals surface area (Å²) in [5, 5.41) is 38.5. The van der Waals surface area contributed by atoms with E-state index in [0.717, 1.165) is 218 Å². The first-order valence-corrected chi connectivity index (χ1v) is 65.9. The molecule has 0 radical (unpaired) electrons. The van der Waals surface area contributed by atoms with E-state index in [9.17, 15) is 24.3 Å². The van der Waals surface area contributed by atoms with Crippen molar-refractivity contribution < 1.29 is 110 Å². The molecular weight excluding hydrogens is 1970 g/mol. The third kappa shape index (κ3) is 45.9. The standard InChI is InChI=1S/C23H38BrNO4Si.C12H20O3.C11H20O2S.C10H18O2.C10H17O.C9H16O3.C8H14O4.C8H16O2.C8H14O2.3C4H9.Sn/c1-9-17(20(26)19-21(27-6)16(2)18(24)14-25-19)23(10-12-28-13-11-23)15-29-30(7,8)22(3,4)5;1-3-12(7-9-14-10-8-12)6-5-11(13)15-4-2;1-2-11(4-3-7-13-10-14)5-8-12-9-6-11;1-2-10(4-3-7-11)5-8-12-9-6-10;1-3-5-10(4-2)6-8-11-9-7-10;1-3-9(8(10)11-2)4-6-12-7-5-9;1-11-7(10)8(6-9)2-4-12-5-3-8;2*1-2-8(7-9)3-5-10-6-4-8;3*1-3-4-2;/h9,14,17,20,26H,1,10-13,15H2,2-8H3;5-6H,3-4,7-10H2,1-2H3;3-4,14H,2,5-10H2,1H3;3-4,11H,2,5-9H2,1H3;3,5H,1,4,6-9H2,2H3;3-7H2,1-2H3;9H,2-6H2,1H3;9H,2-7H2,1H3;7H,2-6H2,1H3;3*1,3-4H2,2H3;. The normalized spacial score (nSPS) is 21.0. The summed E-state index contributed by atoms with van der Waals surface area (Å²) in [4.78, 5) is 49.1. The molecule has 808 valence electrons. The Balaban J connectivity index is 0.000000543. The summed E-state index contributed by atoms with van der Waals surface area (Å²) in [5.74, 6) is 0.231. The summed E-state index contributed by atoms with van der Waals surface area (Å²) in [6, 6.07) is 0. The van der Waals surface area contributed by atoms with Crippen molar-refractivity contribution in [2.75, 3.05) is 186 Å². The minimum Gasteiger partial charge on any atom is -0.469 e. The predicted octanol–water partition coefficient (Wildman–Crippen LogP) is 24.0. The first-order chi connectivity index (χ1) is 66.6. The van der Waals surface area contributed by atoms with Crippen LogP contribution in [0.1, 0.15) is 313 Å². The molecule has 10 rings (SSSR count). The average molecular weight is 2180 g/mol. The monoisotopic (exact) mass is 2170 g/mol. The molecule has 1 aromatic heterocycles. The number of carbonyl (C=O) groups excluding carboxylic acids is 4. The SMILES string of the molecule is C=CC(C(O)c1ncc(Br)c(C)c1OC)C1(CO[Si](C)(C)C(C)(C)C)CCOCC1.CCC1(C(=O)OC)CCOCC1.CCC1(C=CCO)CCOCC1.CCC1(C=CCOCS)CCOCC1.CCC1(C=O)CCOCC1.CCC1(CO)CCOCC1.CCC[CH2][Sn]([CH2]C=CC1(CC)CCOCC1)([CH2]CCC)[CH2]CCC.CCOC(=O)C=CC1(CC)CCOCC1.COC(=O)C1(CO)CCOCC1. The van der Waals surface area contributed by atoms with E-state index in [1.807, 2.05) is 39.0 Å². The molecule has 0 amide bonds. The van der Waals surface area contributed by atoms with Crippen molar-refractivity contribution in [1.29, 1.82) is 0 Å². The number of rotatable bonds is 41. The molecule has 0 spiro atoms.